The van der Waals surface area contributed by atoms with Gasteiger partial charge in [-0.15, -0.1) is 0 Å². The number of benzene rings is 1. The molecule has 0 radical (unpaired) electrons. The molecule has 130 valence electrons. The average molecular weight is 320 g/mol. The summed E-state index contributed by atoms with van der Waals surface area (Å²) in [5.74, 6) is 2.20. The summed E-state index contributed by atoms with van der Waals surface area (Å²) >= 11 is 0. The van der Waals surface area contributed by atoms with Crippen molar-refractivity contribution in [1.29, 1.82) is 0 Å². The molecule has 1 aromatic rings. The summed E-state index contributed by atoms with van der Waals surface area (Å²) in [4.78, 5) is 2.48. The molecule has 1 saturated heterocycles. The Morgan fingerprint density at radius 1 is 1.26 bits per heavy atom. The van der Waals surface area contributed by atoms with E-state index >= 15 is 0 Å². The van der Waals surface area contributed by atoms with E-state index in [4.69, 9.17) is 15.2 Å². The van der Waals surface area contributed by atoms with Gasteiger partial charge in [0.15, 0.2) is 11.5 Å². The third kappa shape index (κ3) is 5.11. The van der Waals surface area contributed by atoms with E-state index in [1.807, 2.05) is 13.0 Å². The van der Waals surface area contributed by atoms with Crippen molar-refractivity contribution in [3.63, 3.8) is 0 Å². The predicted octanol–water partition coefficient (Wildman–Crippen LogP) is 3.29. The van der Waals surface area contributed by atoms with Crippen LogP contribution < -0.4 is 15.2 Å². The molecule has 1 aliphatic rings. The summed E-state index contributed by atoms with van der Waals surface area (Å²) in [6, 6.07) is 6.31. The van der Waals surface area contributed by atoms with Gasteiger partial charge < -0.3 is 15.2 Å². The Morgan fingerprint density at radius 2 is 2.04 bits per heavy atom. The van der Waals surface area contributed by atoms with E-state index < -0.39 is 0 Å². The fraction of sp³-hybridized carbons (Fsp3) is 0.684. The largest absolute Gasteiger partial charge is 0.490 e. The van der Waals surface area contributed by atoms with Gasteiger partial charge in [-0.2, -0.15) is 0 Å². The molecule has 0 aliphatic carbocycles. The molecule has 2 N–H and O–H groups in total. The molecular formula is C19H32N2O2. The molecule has 1 atom stereocenters. The smallest absolute Gasteiger partial charge is 0.161 e. The van der Waals surface area contributed by atoms with Gasteiger partial charge in [-0.3, -0.25) is 4.90 Å². The third-order valence-electron chi connectivity index (χ3n) is 4.42. The van der Waals surface area contributed by atoms with E-state index in [2.05, 4.69) is 37.8 Å². The number of rotatable bonds is 8. The van der Waals surface area contributed by atoms with Gasteiger partial charge in [0, 0.05) is 13.1 Å². The van der Waals surface area contributed by atoms with E-state index in [9.17, 15) is 0 Å². The van der Waals surface area contributed by atoms with Crippen molar-refractivity contribution in [3.05, 3.63) is 23.8 Å². The highest BCUT2D eigenvalue weighted by atomic mass is 16.5. The maximum absolute atomic E-state index is 5.90. The molecule has 2 rings (SSSR count). The monoisotopic (exact) mass is 320 g/mol. The third-order valence-corrected chi connectivity index (χ3v) is 4.42. The van der Waals surface area contributed by atoms with Crippen LogP contribution in [0.25, 0.3) is 0 Å². The maximum atomic E-state index is 5.90. The minimum Gasteiger partial charge on any atom is -0.490 e. The second kappa shape index (κ2) is 8.02. The number of nitrogens with two attached hydrogens (primary N) is 1. The first-order valence-electron chi connectivity index (χ1n) is 8.76. The van der Waals surface area contributed by atoms with Crippen LogP contribution in [0.2, 0.25) is 0 Å². The SMILES string of the molecule is CCOc1cc(CN2CCC(C)(CN)C2)ccc1OCC(C)C. The summed E-state index contributed by atoms with van der Waals surface area (Å²) in [6.07, 6.45) is 1.18. The lowest BCUT2D eigenvalue weighted by atomic mass is 9.90. The Labute approximate surface area is 140 Å². The van der Waals surface area contributed by atoms with Crippen LogP contribution in [0.4, 0.5) is 0 Å². The van der Waals surface area contributed by atoms with Crippen LogP contribution in [0.1, 0.15) is 39.7 Å². The van der Waals surface area contributed by atoms with Crippen LogP contribution >= 0.6 is 0 Å². The van der Waals surface area contributed by atoms with Gasteiger partial charge >= 0.3 is 0 Å². The molecule has 1 unspecified atom stereocenters. The summed E-state index contributed by atoms with van der Waals surface area (Å²) in [6.45, 7) is 13.8. The first-order valence-corrected chi connectivity index (χ1v) is 8.76. The lowest BCUT2D eigenvalue weighted by molar-refractivity contribution is 0.246. The van der Waals surface area contributed by atoms with E-state index in [0.717, 1.165) is 37.7 Å². The van der Waals surface area contributed by atoms with Crippen molar-refractivity contribution in [1.82, 2.24) is 4.90 Å². The van der Waals surface area contributed by atoms with E-state index in [1.54, 1.807) is 0 Å². The zero-order valence-electron chi connectivity index (χ0n) is 15.1. The van der Waals surface area contributed by atoms with E-state index in [1.165, 1.54) is 12.0 Å². The van der Waals surface area contributed by atoms with Gasteiger partial charge in [-0.25, -0.2) is 0 Å². The van der Waals surface area contributed by atoms with Crippen LogP contribution in [0.3, 0.4) is 0 Å². The number of ether oxygens (including phenoxy) is 2. The fourth-order valence-electron chi connectivity index (χ4n) is 2.98. The lowest BCUT2D eigenvalue weighted by Gasteiger charge is -2.23. The highest BCUT2D eigenvalue weighted by molar-refractivity contribution is 5.43. The maximum Gasteiger partial charge on any atom is 0.161 e. The van der Waals surface area contributed by atoms with Gasteiger partial charge in [0.1, 0.15) is 0 Å². The Balaban J connectivity index is 2.04. The molecule has 0 saturated carbocycles. The summed E-state index contributed by atoms with van der Waals surface area (Å²) < 4.78 is 11.6. The number of hydrogen-bond donors (Lipinski definition) is 1. The predicted molar refractivity (Wildman–Crippen MR) is 95.0 cm³/mol. The highest BCUT2D eigenvalue weighted by Gasteiger charge is 2.32. The fourth-order valence-corrected chi connectivity index (χ4v) is 2.98. The molecule has 0 bridgehead atoms. The highest BCUT2D eigenvalue weighted by Crippen LogP contribution is 2.32. The number of hydrogen-bond acceptors (Lipinski definition) is 4. The van der Waals surface area contributed by atoms with Crippen LogP contribution in [0.5, 0.6) is 11.5 Å². The molecule has 23 heavy (non-hydrogen) atoms. The molecule has 0 spiro atoms. The van der Waals surface area contributed by atoms with Crippen LogP contribution in [0.15, 0.2) is 18.2 Å². The number of nitrogens with zero attached hydrogens (tertiary/aromatic N) is 1. The molecule has 0 aromatic heterocycles. The molecule has 4 nitrogen and oxygen atoms in total. The molecular weight excluding hydrogens is 288 g/mol. The molecule has 1 aromatic carbocycles. The van der Waals surface area contributed by atoms with Crippen LogP contribution in [0, 0.1) is 11.3 Å². The van der Waals surface area contributed by atoms with E-state index in [-0.39, 0.29) is 5.41 Å². The first kappa shape index (κ1) is 18.1. The number of likely N-dealkylation sites (tertiary alicyclic amines) is 1. The normalized spacial score (nSPS) is 21.8. The van der Waals surface area contributed by atoms with Gasteiger partial charge in [0.25, 0.3) is 0 Å². The Hall–Kier alpha value is -1.26. The Bertz CT molecular complexity index is 504. The molecule has 1 fully saturated rings. The Kier molecular flexibility index (Phi) is 6.31. The van der Waals surface area contributed by atoms with Gasteiger partial charge in [0.05, 0.1) is 13.2 Å². The second-order valence-electron chi connectivity index (χ2n) is 7.39. The van der Waals surface area contributed by atoms with Gasteiger partial charge in [-0.05, 0) is 55.5 Å². The van der Waals surface area contributed by atoms with Gasteiger partial charge in [-0.1, -0.05) is 26.8 Å². The van der Waals surface area contributed by atoms with Crippen molar-refractivity contribution >= 4 is 0 Å². The summed E-state index contributed by atoms with van der Waals surface area (Å²) in [7, 11) is 0. The van der Waals surface area contributed by atoms with Crippen molar-refractivity contribution in [3.8, 4) is 11.5 Å². The van der Waals surface area contributed by atoms with Gasteiger partial charge in [0.2, 0.25) is 0 Å². The lowest BCUT2D eigenvalue weighted by Crippen LogP contribution is -2.31. The van der Waals surface area contributed by atoms with E-state index in [0.29, 0.717) is 19.1 Å². The van der Waals surface area contributed by atoms with Crippen molar-refractivity contribution in [2.24, 2.45) is 17.1 Å². The summed E-state index contributed by atoms with van der Waals surface area (Å²) in [5.41, 5.74) is 7.44. The first-order chi connectivity index (χ1) is 11.0. The average Bonchev–Trinajstić information content (AvgIpc) is 2.88. The van der Waals surface area contributed by atoms with Crippen molar-refractivity contribution in [2.45, 2.75) is 40.7 Å². The molecule has 1 heterocycles. The summed E-state index contributed by atoms with van der Waals surface area (Å²) in [5, 5.41) is 0. The van der Waals surface area contributed by atoms with Crippen LogP contribution in [-0.4, -0.2) is 37.7 Å². The Morgan fingerprint density at radius 3 is 2.65 bits per heavy atom. The zero-order valence-corrected chi connectivity index (χ0v) is 15.1. The standard InChI is InChI=1S/C19H32N2O2/c1-5-22-18-10-16(6-7-17(18)23-12-15(2)3)11-21-9-8-19(4,13-20)14-21/h6-7,10,15H,5,8-9,11-14,20H2,1-4H3. The molecule has 1 aliphatic heterocycles. The topological polar surface area (TPSA) is 47.7 Å². The zero-order chi connectivity index (χ0) is 16.9. The molecule has 0 amide bonds. The second-order valence-corrected chi connectivity index (χ2v) is 7.39. The van der Waals surface area contributed by atoms with Crippen LogP contribution in [-0.2, 0) is 6.54 Å². The van der Waals surface area contributed by atoms with Crippen molar-refractivity contribution in [2.75, 3.05) is 32.8 Å². The molecule has 4 heteroatoms. The minimum absolute atomic E-state index is 0.267. The minimum atomic E-state index is 0.267. The quantitative estimate of drug-likeness (QED) is 0.798. The van der Waals surface area contributed by atoms with Crippen molar-refractivity contribution < 1.29 is 9.47 Å².